The van der Waals surface area contributed by atoms with Crippen LogP contribution in [-0.4, -0.2) is 55.7 Å². The normalized spacial score (nSPS) is 14.7. The van der Waals surface area contributed by atoms with Crippen molar-refractivity contribution in [2.45, 2.75) is 26.8 Å². The molecule has 1 N–H and O–H groups in total. The summed E-state index contributed by atoms with van der Waals surface area (Å²) in [5.74, 6) is -0.288. The van der Waals surface area contributed by atoms with Crippen LogP contribution in [0.15, 0.2) is 57.5 Å². The average Bonchev–Trinajstić information content (AvgIpc) is 3.26. The molecule has 11 nitrogen and oxygen atoms in total. The van der Waals surface area contributed by atoms with Gasteiger partial charge in [0.25, 0.3) is 5.56 Å². The van der Waals surface area contributed by atoms with Gasteiger partial charge < -0.3 is 28.8 Å². The van der Waals surface area contributed by atoms with Crippen molar-refractivity contribution in [2.24, 2.45) is 4.99 Å². The number of fused-ring (bicyclic) bond motifs is 1. The molecule has 0 saturated heterocycles. The van der Waals surface area contributed by atoms with Crippen molar-refractivity contribution in [3.05, 3.63) is 78.5 Å². The minimum Gasteiger partial charge on any atom is -0.504 e. The molecule has 0 radical (unpaired) electrons. The molecule has 0 unspecified atom stereocenters. The number of aromatic nitrogens is 1. The van der Waals surface area contributed by atoms with Crippen molar-refractivity contribution >= 4 is 29.4 Å². The number of allylic oxidation sites excluding steroid dienone is 1. The molecule has 12 heteroatoms. The number of hydrogen-bond acceptors (Lipinski definition) is 11. The van der Waals surface area contributed by atoms with Crippen molar-refractivity contribution in [3.63, 3.8) is 0 Å². The molecule has 0 amide bonds. The number of carbonyl (C=O) groups excluding carboxylic acids is 2. The predicted molar refractivity (Wildman–Crippen MR) is 150 cm³/mol. The van der Waals surface area contributed by atoms with E-state index in [0.717, 1.165) is 0 Å². The van der Waals surface area contributed by atoms with Crippen LogP contribution in [0.3, 0.4) is 0 Å². The first-order valence-electron chi connectivity index (χ1n) is 12.7. The van der Waals surface area contributed by atoms with Crippen LogP contribution in [0.5, 0.6) is 23.0 Å². The van der Waals surface area contributed by atoms with E-state index in [-0.39, 0.29) is 35.8 Å². The SMILES string of the molecule is CCOC(=O)C1=C(C)N=c2s/c(=C\c3ccc(O)c(OC)c3)c(=O)n2[C@H]1c1ccc(OCC(=O)OC)c(OCC)c1. The lowest BCUT2D eigenvalue weighted by Crippen LogP contribution is -2.40. The molecule has 0 spiro atoms. The summed E-state index contributed by atoms with van der Waals surface area (Å²) in [4.78, 5) is 43.7. The highest BCUT2D eigenvalue weighted by Gasteiger charge is 2.34. The van der Waals surface area contributed by atoms with E-state index in [1.54, 1.807) is 57.2 Å². The molecular weight excluding hydrogens is 552 g/mol. The Morgan fingerprint density at radius 3 is 2.51 bits per heavy atom. The maximum absolute atomic E-state index is 13.9. The zero-order chi connectivity index (χ0) is 29.7. The van der Waals surface area contributed by atoms with E-state index in [9.17, 15) is 19.5 Å². The summed E-state index contributed by atoms with van der Waals surface area (Å²) in [6.07, 6.45) is 1.67. The average molecular weight is 583 g/mol. The van der Waals surface area contributed by atoms with Gasteiger partial charge in [-0.05, 0) is 62.2 Å². The monoisotopic (exact) mass is 582 g/mol. The zero-order valence-electron chi connectivity index (χ0n) is 23.3. The smallest absolute Gasteiger partial charge is 0.343 e. The largest absolute Gasteiger partial charge is 0.504 e. The number of phenolic OH excluding ortho intramolecular Hbond substituents is 1. The van der Waals surface area contributed by atoms with Crippen molar-refractivity contribution in [2.75, 3.05) is 34.0 Å². The highest BCUT2D eigenvalue weighted by Crippen LogP contribution is 2.36. The van der Waals surface area contributed by atoms with Crippen LogP contribution < -0.4 is 29.1 Å². The van der Waals surface area contributed by atoms with Crippen molar-refractivity contribution in [3.8, 4) is 23.0 Å². The molecule has 0 fully saturated rings. The van der Waals surface area contributed by atoms with E-state index >= 15 is 0 Å². The number of methoxy groups -OCH3 is 2. The fourth-order valence-electron chi connectivity index (χ4n) is 4.32. The number of benzene rings is 2. The van der Waals surface area contributed by atoms with E-state index in [0.29, 0.717) is 44.3 Å². The quantitative estimate of drug-likeness (QED) is 0.358. The van der Waals surface area contributed by atoms with E-state index in [1.807, 2.05) is 0 Å². The van der Waals surface area contributed by atoms with Gasteiger partial charge in [0.05, 0.1) is 49.3 Å². The standard InChI is InChI=1S/C29H30N2O9S/c1-6-38-22-14-18(9-11-20(22)40-15-24(33)37-5)26-25(28(35)39-7-2)16(3)30-29-31(26)27(34)23(41-29)13-17-8-10-19(32)21(12-17)36-4/h8-14,26,32H,6-7,15H2,1-5H3/b23-13-/t26-/m0/s1. The lowest BCUT2D eigenvalue weighted by Gasteiger charge is -2.25. The van der Waals surface area contributed by atoms with E-state index in [2.05, 4.69) is 9.73 Å². The van der Waals surface area contributed by atoms with Crippen molar-refractivity contribution in [1.29, 1.82) is 0 Å². The Morgan fingerprint density at radius 2 is 1.83 bits per heavy atom. The number of thiazole rings is 1. The van der Waals surface area contributed by atoms with Crippen LogP contribution in [0.4, 0.5) is 0 Å². The fourth-order valence-corrected chi connectivity index (χ4v) is 5.37. The third kappa shape index (κ3) is 6.12. The number of rotatable bonds is 10. The Hall–Kier alpha value is -4.58. The number of esters is 2. The Balaban J connectivity index is 1.90. The summed E-state index contributed by atoms with van der Waals surface area (Å²) in [5.41, 5.74) is 1.44. The highest BCUT2D eigenvalue weighted by atomic mass is 32.1. The molecule has 2 heterocycles. The molecule has 3 aromatic rings. The van der Waals surface area contributed by atoms with Crippen LogP contribution in [0.25, 0.3) is 6.08 Å². The molecule has 4 rings (SSSR count). The van der Waals surface area contributed by atoms with E-state index in [4.69, 9.17) is 18.9 Å². The van der Waals surface area contributed by atoms with Crippen molar-refractivity contribution < 1.29 is 38.4 Å². The first kappa shape index (κ1) is 29.4. The topological polar surface area (TPSA) is 135 Å². The van der Waals surface area contributed by atoms with E-state index < -0.39 is 18.0 Å². The molecule has 1 aliphatic rings. The summed E-state index contributed by atoms with van der Waals surface area (Å²) in [6, 6.07) is 8.84. The van der Waals surface area contributed by atoms with Gasteiger partial charge in [0.2, 0.25) is 0 Å². The summed E-state index contributed by atoms with van der Waals surface area (Å²) in [5, 5.41) is 9.95. The molecule has 2 aromatic carbocycles. The molecule has 1 aromatic heterocycles. The van der Waals surface area contributed by atoms with Gasteiger partial charge in [0.1, 0.15) is 0 Å². The van der Waals surface area contributed by atoms with Crippen LogP contribution in [0.2, 0.25) is 0 Å². The van der Waals surface area contributed by atoms with Crippen molar-refractivity contribution in [1.82, 2.24) is 4.57 Å². The van der Waals surface area contributed by atoms with Gasteiger partial charge >= 0.3 is 11.9 Å². The molecule has 216 valence electrons. The van der Waals surface area contributed by atoms with Crippen LogP contribution in [0, 0.1) is 0 Å². The molecule has 1 atom stereocenters. The second-order valence-corrected chi connectivity index (χ2v) is 9.75. The summed E-state index contributed by atoms with van der Waals surface area (Å²) in [6.45, 7) is 5.31. The molecule has 41 heavy (non-hydrogen) atoms. The molecular formula is C29H30N2O9S. The van der Waals surface area contributed by atoms with Gasteiger partial charge in [0.15, 0.2) is 34.4 Å². The first-order valence-corrected chi connectivity index (χ1v) is 13.6. The van der Waals surface area contributed by atoms with Gasteiger partial charge in [-0.25, -0.2) is 14.6 Å². The third-order valence-electron chi connectivity index (χ3n) is 6.18. The second kappa shape index (κ2) is 12.7. The van der Waals surface area contributed by atoms with E-state index in [1.165, 1.54) is 36.2 Å². The minimum absolute atomic E-state index is 0.0232. The van der Waals surface area contributed by atoms with Gasteiger partial charge in [-0.2, -0.15) is 0 Å². The predicted octanol–water partition coefficient (Wildman–Crippen LogP) is 2.46. The highest BCUT2D eigenvalue weighted by molar-refractivity contribution is 7.07. The van der Waals surface area contributed by atoms with Gasteiger partial charge in [0, 0.05) is 0 Å². The molecule has 1 aliphatic heterocycles. The number of hydrogen-bond donors (Lipinski definition) is 1. The van der Waals surface area contributed by atoms with Crippen LogP contribution in [-0.2, 0) is 19.1 Å². The number of ether oxygens (including phenoxy) is 5. The van der Waals surface area contributed by atoms with Crippen LogP contribution >= 0.6 is 11.3 Å². The maximum Gasteiger partial charge on any atom is 0.343 e. The molecule has 0 saturated carbocycles. The summed E-state index contributed by atoms with van der Waals surface area (Å²) < 4.78 is 28.4. The van der Waals surface area contributed by atoms with Gasteiger partial charge in [-0.15, -0.1) is 0 Å². The zero-order valence-corrected chi connectivity index (χ0v) is 24.1. The minimum atomic E-state index is -0.879. The Morgan fingerprint density at radius 1 is 1.05 bits per heavy atom. The number of phenols is 1. The number of carbonyl (C=O) groups is 2. The lowest BCUT2D eigenvalue weighted by molar-refractivity contribution is -0.143. The summed E-state index contributed by atoms with van der Waals surface area (Å²) in [7, 11) is 2.70. The van der Waals surface area contributed by atoms with Gasteiger partial charge in [-0.3, -0.25) is 9.36 Å². The number of aromatic hydroxyl groups is 1. The maximum atomic E-state index is 13.9. The Bertz CT molecular complexity index is 1690. The second-order valence-electron chi connectivity index (χ2n) is 8.74. The van der Waals surface area contributed by atoms with Crippen LogP contribution in [0.1, 0.15) is 37.9 Å². The number of nitrogens with zero attached hydrogens (tertiary/aromatic N) is 2. The molecule has 0 aliphatic carbocycles. The first-order chi connectivity index (χ1) is 19.7. The Kier molecular flexibility index (Phi) is 9.13. The lowest BCUT2D eigenvalue weighted by atomic mass is 9.95. The molecule has 0 bridgehead atoms. The Labute approximate surface area is 239 Å². The third-order valence-corrected chi connectivity index (χ3v) is 7.16. The van der Waals surface area contributed by atoms with Gasteiger partial charge in [-0.1, -0.05) is 23.5 Å². The fraction of sp³-hybridized carbons (Fsp3) is 0.310. The summed E-state index contributed by atoms with van der Waals surface area (Å²) >= 11 is 1.17.